The van der Waals surface area contributed by atoms with Crippen LogP contribution in [0.2, 0.25) is 5.02 Å². The number of nitrogens with two attached hydrogens (primary N) is 1. The quantitative estimate of drug-likeness (QED) is 0.882. The molecule has 0 saturated heterocycles. The second-order valence-electron chi connectivity index (χ2n) is 5.26. The Balaban J connectivity index is 2.16. The van der Waals surface area contributed by atoms with E-state index in [1.54, 1.807) is 12.1 Å². The molecule has 1 unspecified atom stereocenters. The van der Waals surface area contributed by atoms with E-state index in [0.29, 0.717) is 12.0 Å². The molecule has 0 heterocycles. The third-order valence-electron chi connectivity index (χ3n) is 3.13. The van der Waals surface area contributed by atoms with E-state index in [1.807, 2.05) is 38.1 Å². The molecule has 0 amide bonds. The highest BCUT2D eigenvalue weighted by atomic mass is 35.5. The van der Waals surface area contributed by atoms with E-state index in [0.717, 1.165) is 11.3 Å². The summed E-state index contributed by atoms with van der Waals surface area (Å²) in [6, 6.07) is 12.2. The molecular weight excluding hydrogens is 289 g/mol. The summed E-state index contributed by atoms with van der Waals surface area (Å²) in [5.74, 6) is 0.363. The zero-order valence-electron chi connectivity index (χ0n) is 12.1. The van der Waals surface area contributed by atoms with Crippen LogP contribution in [0.15, 0.2) is 42.5 Å². The van der Waals surface area contributed by atoms with Crippen molar-refractivity contribution in [2.75, 3.05) is 0 Å². The Bertz CT molecular complexity index is 615. The van der Waals surface area contributed by atoms with Gasteiger partial charge in [-0.05, 0) is 49.6 Å². The lowest BCUT2D eigenvalue weighted by Crippen LogP contribution is -2.14. The molecule has 0 aliphatic rings. The molecule has 21 heavy (non-hydrogen) atoms. The molecule has 112 valence electrons. The Labute approximate surface area is 129 Å². The van der Waals surface area contributed by atoms with E-state index < -0.39 is 5.82 Å². The Morgan fingerprint density at radius 2 is 1.90 bits per heavy atom. The lowest BCUT2D eigenvalue weighted by Gasteiger charge is -2.16. The first-order valence-electron chi connectivity index (χ1n) is 6.92. The minimum Gasteiger partial charge on any atom is -0.491 e. The lowest BCUT2D eigenvalue weighted by molar-refractivity contribution is 0.242. The van der Waals surface area contributed by atoms with E-state index >= 15 is 0 Å². The molecule has 4 heteroatoms. The van der Waals surface area contributed by atoms with Gasteiger partial charge in [0.25, 0.3) is 0 Å². The van der Waals surface area contributed by atoms with Gasteiger partial charge in [0.1, 0.15) is 11.6 Å². The molecule has 0 radical (unpaired) electrons. The van der Waals surface area contributed by atoms with Gasteiger partial charge in [-0.25, -0.2) is 4.39 Å². The smallest absolute Gasteiger partial charge is 0.142 e. The van der Waals surface area contributed by atoms with Crippen molar-refractivity contribution >= 4 is 11.6 Å². The standard InChI is InChI=1S/C17H19ClFNO/c1-11(2)21-14-7-3-5-12(9-14)16(20)10-13-6-4-8-15(19)17(13)18/h3-9,11,16H,10,20H2,1-2H3. The summed E-state index contributed by atoms with van der Waals surface area (Å²) >= 11 is 5.97. The Morgan fingerprint density at radius 1 is 1.19 bits per heavy atom. The molecule has 2 rings (SSSR count). The van der Waals surface area contributed by atoms with Gasteiger partial charge in [0, 0.05) is 6.04 Å². The van der Waals surface area contributed by atoms with Crippen LogP contribution in [-0.4, -0.2) is 6.10 Å². The Kier molecular flexibility index (Phi) is 5.21. The van der Waals surface area contributed by atoms with Crippen LogP contribution in [0.25, 0.3) is 0 Å². The van der Waals surface area contributed by atoms with Gasteiger partial charge in [-0.15, -0.1) is 0 Å². The minimum atomic E-state index is -0.418. The van der Waals surface area contributed by atoms with Gasteiger partial charge in [-0.1, -0.05) is 35.9 Å². The summed E-state index contributed by atoms with van der Waals surface area (Å²) in [5.41, 5.74) is 7.86. The zero-order chi connectivity index (χ0) is 15.4. The minimum absolute atomic E-state index is 0.106. The van der Waals surface area contributed by atoms with Crippen LogP contribution in [0.5, 0.6) is 5.75 Å². The summed E-state index contributed by atoms with van der Waals surface area (Å²) in [7, 11) is 0. The highest BCUT2D eigenvalue weighted by Crippen LogP contribution is 2.26. The molecule has 0 fully saturated rings. The first kappa shape index (κ1) is 15.8. The second kappa shape index (κ2) is 6.92. The van der Waals surface area contributed by atoms with Gasteiger partial charge < -0.3 is 10.5 Å². The van der Waals surface area contributed by atoms with E-state index in [2.05, 4.69) is 0 Å². The zero-order valence-corrected chi connectivity index (χ0v) is 12.9. The number of benzene rings is 2. The van der Waals surface area contributed by atoms with E-state index in [-0.39, 0.29) is 17.2 Å². The van der Waals surface area contributed by atoms with Crippen LogP contribution < -0.4 is 10.5 Å². The Morgan fingerprint density at radius 3 is 2.62 bits per heavy atom. The molecule has 2 aromatic carbocycles. The summed E-state index contributed by atoms with van der Waals surface area (Å²) < 4.78 is 19.1. The van der Waals surface area contributed by atoms with Crippen molar-refractivity contribution in [3.63, 3.8) is 0 Å². The fourth-order valence-electron chi connectivity index (χ4n) is 2.15. The van der Waals surface area contributed by atoms with Crippen LogP contribution in [-0.2, 0) is 6.42 Å². The van der Waals surface area contributed by atoms with Crippen molar-refractivity contribution < 1.29 is 9.13 Å². The summed E-state index contributed by atoms with van der Waals surface area (Å²) in [4.78, 5) is 0. The number of hydrogen-bond donors (Lipinski definition) is 1. The number of rotatable bonds is 5. The van der Waals surface area contributed by atoms with Gasteiger partial charge in [0.15, 0.2) is 0 Å². The van der Waals surface area contributed by atoms with Crippen LogP contribution in [0.3, 0.4) is 0 Å². The molecular formula is C17H19ClFNO. The first-order valence-corrected chi connectivity index (χ1v) is 7.30. The average molecular weight is 308 g/mol. The number of ether oxygens (including phenoxy) is 1. The third kappa shape index (κ3) is 4.19. The van der Waals surface area contributed by atoms with Crippen molar-refractivity contribution in [2.45, 2.75) is 32.4 Å². The molecule has 0 saturated carbocycles. The number of hydrogen-bond acceptors (Lipinski definition) is 2. The fraction of sp³-hybridized carbons (Fsp3) is 0.294. The molecule has 0 spiro atoms. The molecule has 0 aliphatic carbocycles. The van der Waals surface area contributed by atoms with E-state index in [1.165, 1.54) is 6.07 Å². The topological polar surface area (TPSA) is 35.2 Å². The monoisotopic (exact) mass is 307 g/mol. The maximum absolute atomic E-state index is 13.4. The van der Waals surface area contributed by atoms with E-state index in [9.17, 15) is 4.39 Å². The summed E-state index contributed by atoms with van der Waals surface area (Å²) in [6.07, 6.45) is 0.580. The summed E-state index contributed by atoms with van der Waals surface area (Å²) in [6.45, 7) is 3.94. The molecule has 0 aromatic heterocycles. The molecule has 1 atom stereocenters. The van der Waals surface area contributed by atoms with Gasteiger partial charge >= 0.3 is 0 Å². The van der Waals surface area contributed by atoms with Gasteiger partial charge in [-0.3, -0.25) is 0 Å². The van der Waals surface area contributed by atoms with Crippen molar-refractivity contribution in [3.8, 4) is 5.75 Å². The Hall–Kier alpha value is -1.58. The van der Waals surface area contributed by atoms with Crippen molar-refractivity contribution in [1.82, 2.24) is 0 Å². The van der Waals surface area contributed by atoms with Crippen LogP contribution in [0, 0.1) is 5.82 Å². The predicted octanol–water partition coefficient (Wildman–Crippen LogP) is 4.51. The van der Waals surface area contributed by atoms with Gasteiger partial charge in [0.2, 0.25) is 0 Å². The molecule has 0 bridgehead atoms. The molecule has 0 aliphatic heterocycles. The highest BCUT2D eigenvalue weighted by Gasteiger charge is 2.12. The number of halogens is 2. The molecule has 2 nitrogen and oxygen atoms in total. The van der Waals surface area contributed by atoms with Crippen molar-refractivity contribution in [2.24, 2.45) is 5.73 Å². The normalized spacial score (nSPS) is 12.5. The second-order valence-corrected chi connectivity index (χ2v) is 5.64. The van der Waals surface area contributed by atoms with Gasteiger partial charge in [-0.2, -0.15) is 0 Å². The van der Waals surface area contributed by atoms with Crippen molar-refractivity contribution in [1.29, 1.82) is 0 Å². The van der Waals surface area contributed by atoms with Crippen LogP contribution in [0.1, 0.15) is 31.0 Å². The lowest BCUT2D eigenvalue weighted by atomic mass is 9.99. The summed E-state index contributed by atoms with van der Waals surface area (Å²) in [5, 5.41) is 0.141. The van der Waals surface area contributed by atoms with Gasteiger partial charge in [0.05, 0.1) is 11.1 Å². The van der Waals surface area contributed by atoms with Crippen LogP contribution in [0.4, 0.5) is 4.39 Å². The largest absolute Gasteiger partial charge is 0.491 e. The van der Waals surface area contributed by atoms with Crippen molar-refractivity contribution in [3.05, 3.63) is 64.4 Å². The maximum Gasteiger partial charge on any atom is 0.142 e. The van der Waals surface area contributed by atoms with Crippen LogP contribution >= 0.6 is 11.6 Å². The SMILES string of the molecule is CC(C)Oc1cccc(C(N)Cc2cccc(F)c2Cl)c1. The fourth-order valence-corrected chi connectivity index (χ4v) is 2.35. The predicted molar refractivity (Wildman–Crippen MR) is 84.2 cm³/mol. The van der Waals surface area contributed by atoms with E-state index in [4.69, 9.17) is 22.1 Å². The average Bonchev–Trinajstić information content (AvgIpc) is 2.43. The maximum atomic E-state index is 13.4. The first-order chi connectivity index (χ1) is 9.97. The third-order valence-corrected chi connectivity index (χ3v) is 3.55. The molecule has 2 aromatic rings. The molecule has 2 N–H and O–H groups in total. The highest BCUT2D eigenvalue weighted by molar-refractivity contribution is 6.31.